The van der Waals surface area contributed by atoms with E-state index in [9.17, 15) is 10.1 Å². The van der Waals surface area contributed by atoms with Crippen LogP contribution in [-0.4, -0.2) is 26.1 Å². The van der Waals surface area contributed by atoms with Crippen LogP contribution < -0.4 is 16.2 Å². The molecule has 1 fully saturated rings. The second kappa shape index (κ2) is 8.19. The minimum atomic E-state index is -0.290. The Morgan fingerprint density at radius 3 is 2.67 bits per heavy atom. The number of aryl methyl sites for hydroxylation is 1. The molecule has 0 aliphatic carbocycles. The second-order valence-electron chi connectivity index (χ2n) is 7.91. The fraction of sp³-hybridized carbons (Fsp3) is 0.208. The van der Waals surface area contributed by atoms with Crippen molar-refractivity contribution in [2.24, 2.45) is 0 Å². The largest absolute Gasteiger partial charge is 0.368 e. The number of benzene rings is 2. The van der Waals surface area contributed by atoms with Crippen LogP contribution in [0.3, 0.4) is 0 Å². The number of fused-ring (bicyclic) bond motifs is 1. The Kier molecular flexibility index (Phi) is 5.19. The van der Waals surface area contributed by atoms with E-state index in [1.807, 2.05) is 35.2 Å². The van der Waals surface area contributed by atoms with Crippen LogP contribution in [0.5, 0.6) is 0 Å². The first-order chi connectivity index (χ1) is 16.0. The molecule has 2 aromatic heterocycles. The van der Waals surface area contributed by atoms with Crippen molar-refractivity contribution in [3.8, 4) is 11.8 Å². The Labute approximate surface area is 194 Å². The molecule has 1 atom stereocenters. The van der Waals surface area contributed by atoms with E-state index in [0.717, 1.165) is 12.8 Å². The van der Waals surface area contributed by atoms with Gasteiger partial charge in [0.15, 0.2) is 5.82 Å². The molecule has 1 saturated heterocycles. The summed E-state index contributed by atoms with van der Waals surface area (Å²) in [5.74, 6) is 1.13. The molecule has 0 spiro atoms. The van der Waals surface area contributed by atoms with E-state index in [1.165, 1.54) is 0 Å². The van der Waals surface area contributed by atoms with Crippen molar-refractivity contribution in [2.75, 3.05) is 17.2 Å². The Morgan fingerprint density at radius 2 is 1.91 bits per heavy atom. The minimum absolute atomic E-state index is 0.103. The molecule has 0 amide bonds. The molecule has 2 aromatic carbocycles. The van der Waals surface area contributed by atoms with Gasteiger partial charge in [-0.15, -0.1) is 0 Å². The topological polar surface area (TPSA) is 114 Å². The molecule has 9 heteroatoms. The Morgan fingerprint density at radius 1 is 1.12 bits per heavy atom. The van der Waals surface area contributed by atoms with Gasteiger partial charge in [0, 0.05) is 6.54 Å². The summed E-state index contributed by atoms with van der Waals surface area (Å²) in [5, 5.41) is 10.5. The van der Waals surface area contributed by atoms with Crippen LogP contribution >= 0.6 is 11.6 Å². The molecule has 164 valence electrons. The maximum Gasteiger partial charge on any atom is 0.267 e. The lowest BCUT2D eigenvalue weighted by Gasteiger charge is -2.28. The molecule has 3 heterocycles. The smallest absolute Gasteiger partial charge is 0.267 e. The third-order valence-corrected chi connectivity index (χ3v) is 6.22. The SMILES string of the molecule is Cc1nc(N)nc(N2CCCC2c2nc3cccc(Cl)c3c(=O)n2-c2ccccc2)c1C#N. The lowest BCUT2D eigenvalue weighted by atomic mass is 10.1. The Hall–Kier alpha value is -3.96. The average Bonchev–Trinajstić information content (AvgIpc) is 3.28. The molecule has 8 nitrogen and oxygen atoms in total. The zero-order valence-corrected chi connectivity index (χ0v) is 18.6. The summed E-state index contributed by atoms with van der Waals surface area (Å²) in [4.78, 5) is 29.2. The highest BCUT2D eigenvalue weighted by Crippen LogP contribution is 2.37. The third-order valence-electron chi connectivity index (χ3n) is 5.91. The van der Waals surface area contributed by atoms with Crippen molar-refractivity contribution in [1.29, 1.82) is 5.26 Å². The van der Waals surface area contributed by atoms with Crippen LogP contribution in [0.2, 0.25) is 5.02 Å². The quantitative estimate of drug-likeness (QED) is 0.495. The van der Waals surface area contributed by atoms with Gasteiger partial charge in [0.2, 0.25) is 5.95 Å². The van der Waals surface area contributed by atoms with Gasteiger partial charge in [-0.05, 0) is 44.0 Å². The zero-order valence-electron chi connectivity index (χ0n) is 17.9. The number of rotatable bonds is 3. The zero-order chi connectivity index (χ0) is 23.1. The maximum atomic E-state index is 13.7. The van der Waals surface area contributed by atoms with E-state index in [2.05, 4.69) is 16.0 Å². The van der Waals surface area contributed by atoms with Crippen LogP contribution in [-0.2, 0) is 0 Å². The molecule has 1 aliphatic rings. The molecule has 33 heavy (non-hydrogen) atoms. The van der Waals surface area contributed by atoms with Gasteiger partial charge < -0.3 is 10.6 Å². The number of nitriles is 1. The van der Waals surface area contributed by atoms with E-state index in [1.54, 1.807) is 29.7 Å². The van der Waals surface area contributed by atoms with Crippen LogP contribution in [0.4, 0.5) is 11.8 Å². The maximum absolute atomic E-state index is 13.7. The standard InChI is InChI=1S/C24H20ClN7O/c1-14-16(13-26)21(30-24(27)28-14)31-12-6-11-19(31)22-29-18-10-5-9-17(25)20(18)23(33)32(22)15-7-3-2-4-8-15/h2-5,7-10,19H,6,11-12H2,1H3,(H2,27,28,30). The summed E-state index contributed by atoms with van der Waals surface area (Å²) in [6.45, 7) is 2.38. The molecular weight excluding hydrogens is 438 g/mol. The number of hydrogen-bond donors (Lipinski definition) is 1. The number of nitrogen functional groups attached to an aromatic ring is 1. The molecule has 4 aromatic rings. The fourth-order valence-corrected chi connectivity index (χ4v) is 4.71. The lowest BCUT2D eigenvalue weighted by Crippen LogP contribution is -2.32. The number of nitrogens with zero attached hydrogens (tertiary/aromatic N) is 6. The van der Waals surface area contributed by atoms with Gasteiger partial charge in [-0.2, -0.15) is 10.2 Å². The molecule has 0 saturated carbocycles. The van der Waals surface area contributed by atoms with Gasteiger partial charge in [-0.1, -0.05) is 35.9 Å². The van der Waals surface area contributed by atoms with Crippen molar-refractivity contribution in [2.45, 2.75) is 25.8 Å². The van der Waals surface area contributed by atoms with Crippen molar-refractivity contribution < 1.29 is 0 Å². The molecule has 2 N–H and O–H groups in total. The number of aromatic nitrogens is 4. The first kappa shape index (κ1) is 20.9. The van der Waals surface area contributed by atoms with E-state index < -0.39 is 0 Å². The van der Waals surface area contributed by atoms with Gasteiger partial charge >= 0.3 is 0 Å². The van der Waals surface area contributed by atoms with E-state index in [4.69, 9.17) is 22.3 Å². The third kappa shape index (κ3) is 3.47. The summed E-state index contributed by atoms with van der Waals surface area (Å²) in [5.41, 5.74) is 7.80. The van der Waals surface area contributed by atoms with Crippen molar-refractivity contribution in [3.63, 3.8) is 0 Å². The van der Waals surface area contributed by atoms with Crippen molar-refractivity contribution in [3.05, 3.63) is 81.0 Å². The lowest BCUT2D eigenvalue weighted by molar-refractivity contribution is 0.632. The van der Waals surface area contributed by atoms with Gasteiger partial charge in [-0.3, -0.25) is 9.36 Å². The van der Waals surface area contributed by atoms with Gasteiger partial charge in [0.25, 0.3) is 5.56 Å². The van der Waals surface area contributed by atoms with E-state index >= 15 is 0 Å². The predicted molar refractivity (Wildman–Crippen MR) is 128 cm³/mol. The Bertz CT molecular complexity index is 1480. The molecule has 1 unspecified atom stereocenters. The van der Waals surface area contributed by atoms with Gasteiger partial charge in [0.1, 0.15) is 17.5 Å². The number of halogens is 1. The normalized spacial score (nSPS) is 15.7. The summed E-state index contributed by atoms with van der Waals surface area (Å²) >= 11 is 6.40. The van der Waals surface area contributed by atoms with Crippen LogP contribution in [0.25, 0.3) is 16.6 Å². The Balaban J connectivity index is 1.79. The number of hydrogen-bond acceptors (Lipinski definition) is 7. The first-order valence-corrected chi connectivity index (χ1v) is 10.9. The predicted octanol–water partition coefficient (Wildman–Crippen LogP) is 3.93. The highest BCUT2D eigenvalue weighted by molar-refractivity contribution is 6.35. The second-order valence-corrected chi connectivity index (χ2v) is 8.32. The first-order valence-electron chi connectivity index (χ1n) is 10.6. The van der Waals surface area contributed by atoms with Crippen LogP contribution in [0.15, 0.2) is 53.3 Å². The number of para-hydroxylation sites is 1. The molecule has 0 radical (unpaired) electrons. The van der Waals surface area contributed by atoms with Crippen LogP contribution in [0.1, 0.15) is 36.0 Å². The molecule has 0 bridgehead atoms. The summed E-state index contributed by atoms with van der Waals surface area (Å²) < 4.78 is 1.61. The van der Waals surface area contributed by atoms with E-state index in [-0.39, 0.29) is 17.5 Å². The monoisotopic (exact) mass is 457 g/mol. The fourth-order valence-electron chi connectivity index (χ4n) is 4.46. The number of anilines is 2. The van der Waals surface area contributed by atoms with Gasteiger partial charge in [-0.25, -0.2) is 9.97 Å². The van der Waals surface area contributed by atoms with Crippen molar-refractivity contribution in [1.82, 2.24) is 19.5 Å². The van der Waals surface area contributed by atoms with Crippen molar-refractivity contribution >= 4 is 34.3 Å². The molecule has 5 rings (SSSR count). The highest BCUT2D eigenvalue weighted by Gasteiger charge is 2.34. The average molecular weight is 458 g/mol. The minimum Gasteiger partial charge on any atom is -0.368 e. The number of nitrogens with two attached hydrogens (primary N) is 1. The van der Waals surface area contributed by atoms with E-state index in [0.29, 0.717) is 51.1 Å². The van der Waals surface area contributed by atoms with Gasteiger partial charge in [0.05, 0.1) is 33.3 Å². The van der Waals surface area contributed by atoms with Crippen LogP contribution in [0, 0.1) is 18.3 Å². The molecule has 1 aliphatic heterocycles. The summed E-state index contributed by atoms with van der Waals surface area (Å²) in [7, 11) is 0. The summed E-state index contributed by atoms with van der Waals surface area (Å²) in [6.07, 6.45) is 1.58. The molecular formula is C24H20ClN7O. The highest BCUT2D eigenvalue weighted by atomic mass is 35.5. The summed E-state index contributed by atoms with van der Waals surface area (Å²) in [6, 6.07) is 16.5.